The van der Waals surface area contributed by atoms with Gasteiger partial charge in [-0.15, -0.1) is 11.3 Å². The van der Waals surface area contributed by atoms with Gasteiger partial charge >= 0.3 is 6.09 Å². The molecule has 282 valence electrons. The minimum absolute atomic E-state index is 0.265. The van der Waals surface area contributed by atoms with E-state index in [9.17, 15) is 18.0 Å². The zero-order chi connectivity index (χ0) is 37.3. The lowest BCUT2D eigenvalue weighted by Gasteiger charge is -2.42. The van der Waals surface area contributed by atoms with Crippen molar-refractivity contribution in [2.45, 2.75) is 119 Å². The predicted octanol–water partition coefficient (Wildman–Crippen LogP) is 8.51. The number of sulfonamides is 1. The van der Waals surface area contributed by atoms with E-state index in [2.05, 4.69) is 10.0 Å². The first-order chi connectivity index (χ1) is 24.6. The van der Waals surface area contributed by atoms with E-state index in [4.69, 9.17) is 21.1 Å². The SMILES string of the molecule is CC(C)(C)OC(=O)NC1CC2CCC(C1)N2C(=O)C(NS(=O)(=O)c1ccc(OCC2CCCCC2)cc1)C(F)(F)c1ccc(-c2ccc(Cl)s2)cc1. The molecule has 1 aromatic heterocycles. The topological polar surface area (TPSA) is 114 Å². The maximum absolute atomic E-state index is 16.7. The van der Waals surface area contributed by atoms with Gasteiger partial charge in [0.2, 0.25) is 15.9 Å². The third kappa shape index (κ3) is 9.09. The molecule has 52 heavy (non-hydrogen) atoms. The number of thiophene rings is 1. The zero-order valence-corrected chi connectivity index (χ0v) is 32.0. The summed E-state index contributed by atoms with van der Waals surface area (Å²) in [6.07, 6.45) is 6.86. The number of alkyl halides is 2. The van der Waals surface area contributed by atoms with E-state index in [1.165, 1.54) is 71.2 Å². The number of hydrogen-bond donors (Lipinski definition) is 2. The van der Waals surface area contributed by atoms with Crippen molar-refractivity contribution in [3.8, 4) is 16.2 Å². The van der Waals surface area contributed by atoms with Crippen LogP contribution in [-0.2, 0) is 25.5 Å². The summed E-state index contributed by atoms with van der Waals surface area (Å²) in [6, 6.07) is 10.8. The van der Waals surface area contributed by atoms with Gasteiger partial charge in [-0.2, -0.15) is 13.5 Å². The summed E-state index contributed by atoms with van der Waals surface area (Å²) >= 11 is 7.37. The van der Waals surface area contributed by atoms with Crippen LogP contribution in [0.15, 0.2) is 65.6 Å². The van der Waals surface area contributed by atoms with Gasteiger partial charge in [-0.25, -0.2) is 13.2 Å². The van der Waals surface area contributed by atoms with E-state index in [-0.39, 0.29) is 10.9 Å². The number of ether oxygens (including phenoxy) is 2. The molecule has 9 nitrogen and oxygen atoms in total. The van der Waals surface area contributed by atoms with E-state index >= 15 is 8.78 Å². The second-order valence-electron chi connectivity index (χ2n) is 15.1. The van der Waals surface area contributed by atoms with Crippen LogP contribution in [-0.4, -0.2) is 61.7 Å². The molecule has 1 saturated carbocycles. The quantitative estimate of drug-likeness (QED) is 0.202. The van der Waals surface area contributed by atoms with Crippen LogP contribution < -0.4 is 14.8 Å². The monoisotopic (exact) mass is 777 g/mol. The van der Waals surface area contributed by atoms with Crippen LogP contribution in [0.3, 0.4) is 0 Å². The van der Waals surface area contributed by atoms with Gasteiger partial charge in [-0.3, -0.25) is 4.79 Å². The standard InChI is InChI=1S/C38H46ClF2N3O6S2/c1-37(2,3)50-36(46)42-27-21-28-13-14-29(22-27)44(28)35(45)34(38(40,41)26-11-9-25(10-12-26)32-19-20-33(39)51-32)43-52(47,48)31-17-15-30(16-18-31)49-23-24-7-5-4-6-8-24/h9-12,15-20,24,27-29,34,43H,4-8,13-14,21-23H2,1-3H3,(H,42,46). The number of halogens is 3. The Balaban J connectivity index is 1.24. The number of nitrogens with zero attached hydrogens (tertiary/aromatic N) is 1. The normalized spacial score (nSPS) is 21.8. The van der Waals surface area contributed by atoms with Gasteiger partial charge in [0.15, 0.2) is 6.04 Å². The lowest BCUT2D eigenvalue weighted by Crippen LogP contribution is -2.61. The highest BCUT2D eigenvalue weighted by Crippen LogP contribution is 2.41. The highest BCUT2D eigenvalue weighted by molar-refractivity contribution is 7.89. The lowest BCUT2D eigenvalue weighted by atomic mass is 9.90. The number of benzene rings is 2. The zero-order valence-electron chi connectivity index (χ0n) is 29.6. The molecule has 2 amide bonds. The van der Waals surface area contributed by atoms with Crippen molar-refractivity contribution in [1.82, 2.24) is 14.9 Å². The summed E-state index contributed by atoms with van der Waals surface area (Å²) in [6.45, 7) is 5.79. The summed E-state index contributed by atoms with van der Waals surface area (Å²) in [5, 5.41) is 2.86. The van der Waals surface area contributed by atoms with Crippen molar-refractivity contribution in [1.29, 1.82) is 0 Å². The van der Waals surface area contributed by atoms with Gasteiger partial charge < -0.3 is 19.7 Å². The molecule has 1 aliphatic carbocycles. The Morgan fingerprint density at radius 3 is 2.13 bits per heavy atom. The van der Waals surface area contributed by atoms with Crippen molar-refractivity contribution < 1.29 is 36.3 Å². The molecule has 6 rings (SSSR count). The molecular weight excluding hydrogens is 732 g/mol. The van der Waals surface area contributed by atoms with Crippen LogP contribution in [0.4, 0.5) is 13.6 Å². The molecule has 2 aromatic carbocycles. The fourth-order valence-corrected chi connectivity index (χ4v) is 9.79. The summed E-state index contributed by atoms with van der Waals surface area (Å²) in [5.74, 6) is -4.03. The first-order valence-electron chi connectivity index (χ1n) is 17.9. The number of alkyl carbamates (subject to hydrolysis) is 1. The van der Waals surface area contributed by atoms with Crippen molar-refractivity contribution in [2.75, 3.05) is 6.61 Å². The van der Waals surface area contributed by atoms with E-state index < -0.39 is 57.2 Å². The Morgan fingerprint density at radius 1 is 0.923 bits per heavy atom. The smallest absolute Gasteiger partial charge is 0.407 e. The Bertz CT molecular complexity index is 1810. The van der Waals surface area contributed by atoms with Crippen LogP contribution in [0.25, 0.3) is 10.4 Å². The molecule has 3 fully saturated rings. The Morgan fingerprint density at radius 2 is 1.56 bits per heavy atom. The summed E-state index contributed by atoms with van der Waals surface area (Å²) in [5.41, 5.74) is -0.559. The molecule has 0 radical (unpaired) electrons. The molecule has 2 bridgehead atoms. The molecule has 2 saturated heterocycles. The van der Waals surface area contributed by atoms with Gasteiger partial charge in [-0.1, -0.05) is 55.1 Å². The van der Waals surface area contributed by atoms with E-state index in [1.54, 1.807) is 32.9 Å². The number of carbonyl (C=O) groups excluding carboxylic acids is 2. The highest BCUT2D eigenvalue weighted by Gasteiger charge is 2.54. The number of amides is 2. The molecular formula is C38H46ClF2N3O6S2. The molecule has 0 spiro atoms. The third-order valence-electron chi connectivity index (χ3n) is 10.1. The molecule has 3 unspecified atom stereocenters. The molecule has 3 heterocycles. The van der Waals surface area contributed by atoms with Gasteiger partial charge in [0.1, 0.15) is 11.4 Å². The highest BCUT2D eigenvalue weighted by atomic mass is 35.5. The number of carbonyl (C=O) groups is 2. The minimum atomic E-state index is -4.61. The second-order valence-corrected chi connectivity index (χ2v) is 18.5. The summed E-state index contributed by atoms with van der Waals surface area (Å²) < 4.78 is 75.1. The van der Waals surface area contributed by atoms with Crippen LogP contribution in [0.1, 0.15) is 84.1 Å². The van der Waals surface area contributed by atoms with Crippen LogP contribution in [0, 0.1) is 5.92 Å². The van der Waals surface area contributed by atoms with E-state index in [0.29, 0.717) is 53.9 Å². The largest absolute Gasteiger partial charge is 0.493 e. The van der Waals surface area contributed by atoms with E-state index in [0.717, 1.165) is 30.6 Å². The van der Waals surface area contributed by atoms with Crippen LogP contribution >= 0.6 is 22.9 Å². The number of fused-ring (bicyclic) bond motifs is 2. The first kappa shape index (κ1) is 38.5. The van der Waals surface area contributed by atoms with Crippen molar-refractivity contribution in [3.05, 3.63) is 70.6 Å². The second kappa shape index (κ2) is 15.6. The van der Waals surface area contributed by atoms with Crippen LogP contribution in [0.2, 0.25) is 4.34 Å². The third-order valence-corrected chi connectivity index (χ3v) is 12.8. The first-order valence-corrected chi connectivity index (χ1v) is 20.6. The fourth-order valence-electron chi connectivity index (χ4n) is 7.56. The molecule has 2 N–H and O–H groups in total. The molecule has 3 aliphatic rings. The number of hydrogen-bond acceptors (Lipinski definition) is 7. The maximum Gasteiger partial charge on any atom is 0.407 e. The molecule has 3 aromatic rings. The average molecular weight is 778 g/mol. The maximum atomic E-state index is 16.7. The predicted molar refractivity (Wildman–Crippen MR) is 197 cm³/mol. The Labute approximate surface area is 313 Å². The van der Waals surface area contributed by atoms with E-state index in [1.807, 2.05) is 0 Å². The van der Waals surface area contributed by atoms with Crippen molar-refractivity contribution in [3.63, 3.8) is 0 Å². The number of rotatable bonds is 11. The molecule has 2 aliphatic heterocycles. The van der Waals surface area contributed by atoms with Gasteiger partial charge in [-0.05, 0) is 107 Å². The summed E-state index contributed by atoms with van der Waals surface area (Å²) in [4.78, 5) is 28.8. The van der Waals surface area contributed by atoms with Gasteiger partial charge in [0.25, 0.3) is 5.92 Å². The number of piperidine rings is 1. The summed E-state index contributed by atoms with van der Waals surface area (Å²) in [7, 11) is -4.61. The molecule has 14 heteroatoms. The van der Waals surface area contributed by atoms with Gasteiger partial charge in [0.05, 0.1) is 15.8 Å². The average Bonchev–Trinajstić information content (AvgIpc) is 3.65. The molecule has 3 atom stereocenters. The van der Waals surface area contributed by atoms with Crippen molar-refractivity contribution >= 4 is 45.0 Å². The van der Waals surface area contributed by atoms with Crippen molar-refractivity contribution in [2.24, 2.45) is 5.92 Å². The minimum Gasteiger partial charge on any atom is -0.493 e. The fraction of sp³-hybridized carbons (Fsp3) is 0.526. The van der Waals surface area contributed by atoms with Gasteiger partial charge in [0, 0.05) is 28.6 Å². The Kier molecular flexibility index (Phi) is 11.5. The Hall–Kier alpha value is -3.26. The number of nitrogens with one attached hydrogen (secondary N) is 2. The lowest BCUT2D eigenvalue weighted by molar-refractivity contribution is -0.149. The van der Waals surface area contributed by atoms with Crippen LogP contribution in [0.5, 0.6) is 5.75 Å².